The van der Waals surface area contributed by atoms with Crippen molar-refractivity contribution in [3.63, 3.8) is 0 Å². The molecule has 3 aliphatic rings. The second kappa shape index (κ2) is 4.48. The second-order valence-electron chi connectivity index (χ2n) is 7.55. The third-order valence-electron chi connectivity index (χ3n) is 6.76. The average molecular weight is 351 g/mol. The van der Waals surface area contributed by atoms with Crippen LogP contribution in [0.2, 0.25) is 0 Å². The number of alkyl halides is 1. The Morgan fingerprint density at radius 1 is 1.19 bits per heavy atom. The van der Waals surface area contributed by atoms with Crippen LogP contribution in [0.15, 0.2) is 18.2 Å². The van der Waals surface area contributed by atoms with Gasteiger partial charge in [-0.25, -0.2) is 0 Å². The predicted octanol–water partition coefficient (Wildman–Crippen LogP) is 4.33. The number of aryl methyl sites for hydroxylation is 1. The molecule has 0 amide bonds. The van der Waals surface area contributed by atoms with E-state index in [2.05, 4.69) is 28.9 Å². The quantitative estimate of drug-likeness (QED) is 0.683. The maximum absolute atomic E-state index is 10.8. The molecule has 0 unspecified atom stereocenters. The van der Waals surface area contributed by atoms with E-state index >= 15 is 0 Å². The topological polar surface area (TPSA) is 40.5 Å². The fourth-order valence-electron chi connectivity index (χ4n) is 5.53. The van der Waals surface area contributed by atoms with Crippen molar-refractivity contribution in [2.75, 3.05) is 0 Å². The zero-order chi connectivity index (χ0) is 14.8. The number of aromatic hydroxyl groups is 1. The highest BCUT2D eigenvalue weighted by Gasteiger charge is 2.60. The molecule has 2 N–H and O–H groups in total. The van der Waals surface area contributed by atoms with Crippen molar-refractivity contribution in [1.82, 2.24) is 0 Å². The minimum Gasteiger partial charge on any atom is -0.508 e. The van der Waals surface area contributed by atoms with Crippen LogP contribution in [0.5, 0.6) is 5.75 Å². The molecule has 4 rings (SSSR count). The molecule has 0 radical (unpaired) electrons. The first-order chi connectivity index (χ1) is 9.92. The lowest BCUT2D eigenvalue weighted by molar-refractivity contribution is -0.0392. The summed E-state index contributed by atoms with van der Waals surface area (Å²) in [5, 5.41) is 20.5. The van der Waals surface area contributed by atoms with Crippen LogP contribution in [0.1, 0.15) is 56.1 Å². The van der Waals surface area contributed by atoms with E-state index in [4.69, 9.17) is 0 Å². The van der Waals surface area contributed by atoms with Crippen molar-refractivity contribution in [2.45, 2.75) is 55.9 Å². The van der Waals surface area contributed by atoms with Crippen LogP contribution in [-0.2, 0) is 6.42 Å². The van der Waals surface area contributed by atoms with E-state index < -0.39 is 4.51 Å². The van der Waals surface area contributed by atoms with Gasteiger partial charge in [-0.05, 0) is 79.5 Å². The lowest BCUT2D eigenvalue weighted by atomic mass is 9.55. The molecule has 0 bridgehead atoms. The minimum atomic E-state index is -0.676. The van der Waals surface area contributed by atoms with Crippen molar-refractivity contribution < 1.29 is 10.2 Å². The Balaban J connectivity index is 1.72. The molecule has 3 heteroatoms. The molecular formula is C18H23BrO2. The third kappa shape index (κ3) is 1.86. The second-order valence-corrected chi connectivity index (χ2v) is 8.86. The third-order valence-corrected chi connectivity index (χ3v) is 8.06. The minimum absolute atomic E-state index is 0.0165. The fraction of sp³-hybridized carbons (Fsp3) is 0.667. The Hall–Kier alpha value is -0.540. The normalized spacial score (nSPS) is 44.8. The zero-order valence-corrected chi connectivity index (χ0v) is 14.1. The first kappa shape index (κ1) is 14.1. The summed E-state index contributed by atoms with van der Waals surface area (Å²) in [5.41, 5.74) is 2.81. The summed E-state index contributed by atoms with van der Waals surface area (Å²) in [6.07, 6.45) is 6.51. The van der Waals surface area contributed by atoms with Crippen molar-refractivity contribution in [2.24, 2.45) is 17.3 Å². The van der Waals surface area contributed by atoms with Crippen LogP contribution < -0.4 is 0 Å². The van der Waals surface area contributed by atoms with E-state index in [9.17, 15) is 10.2 Å². The zero-order valence-electron chi connectivity index (χ0n) is 12.5. The van der Waals surface area contributed by atoms with Gasteiger partial charge in [-0.1, -0.05) is 28.9 Å². The first-order valence-electron chi connectivity index (χ1n) is 8.15. The van der Waals surface area contributed by atoms with Crippen LogP contribution in [0.3, 0.4) is 0 Å². The van der Waals surface area contributed by atoms with Gasteiger partial charge in [-0.3, -0.25) is 0 Å². The van der Waals surface area contributed by atoms with Gasteiger partial charge < -0.3 is 10.2 Å². The van der Waals surface area contributed by atoms with Gasteiger partial charge in [0.25, 0.3) is 0 Å². The summed E-state index contributed by atoms with van der Waals surface area (Å²) >= 11 is 3.62. The molecule has 2 nitrogen and oxygen atoms in total. The van der Waals surface area contributed by atoms with Gasteiger partial charge in [0.1, 0.15) is 10.3 Å². The SMILES string of the molecule is C[C@]12CC[C@@H]3c4ccc(O)cc4CC[C@H]3[C@H]1CC[C@@]2(O)Br. The van der Waals surface area contributed by atoms with Crippen molar-refractivity contribution in [1.29, 1.82) is 0 Å². The maximum Gasteiger partial charge on any atom is 0.125 e. The Morgan fingerprint density at radius 2 is 2.00 bits per heavy atom. The number of phenolic OH excluding ortho intramolecular Hbond substituents is 1. The highest BCUT2D eigenvalue weighted by molar-refractivity contribution is 9.10. The molecule has 114 valence electrons. The smallest absolute Gasteiger partial charge is 0.125 e. The average Bonchev–Trinajstić information content (AvgIpc) is 2.69. The van der Waals surface area contributed by atoms with E-state index in [-0.39, 0.29) is 5.41 Å². The Kier molecular flexibility index (Phi) is 3.01. The number of hydrogen-bond donors (Lipinski definition) is 2. The summed E-state index contributed by atoms with van der Waals surface area (Å²) in [6, 6.07) is 5.93. The lowest BCUT2D eigenvalue weighted by Crippen LogP contribution is -2.47. The number of rotatable bonds is 0. The number of hydrogen-bond acceptors (Lipinski definition) is 2. The standard InChI is InChI=1S/C18H23BrO2/c1-17-8-6-14-13-5-3-12(20)10-11(13)2-4-15(14)16(17)7-9-18(17,19)21/h3,5,10,14-16,20-21H,2,4,6-9H2,1H3/t14-,15-,16-,17+,18+/m1/s1. The summed E-state index contributed by atoms with van der Waals surface area (Å²) < 4.78 is -0.676. The van der Waals surface area contributed by atoms with Gasteiger partial charge in [-0.15, -0.1) is 0 Å². The van der Waals surface area contributed by atoms with Crippen LogP contribution >= 0.6 is 15.9 Å². The van der Waals surface area contributed by atoms with E-state index in [1.54, 1.807) is 0 Å². The summed E-state index contributed by atoms with van der Waals surface area (Å²) in [4.78, 5) is 0. The first-order valence-corrected chi connectivity index (χ1v) is 8.95. The Bertz CT molecular complexity index is 583. The van der Waals surface area contributed by atoms with Gasteiger partial charge in [-0.2, -0.15) is 0 Å². The van der Waals surface area contributed by atoms with Crippen LogP contribution in [0, 0.1) is 17.3 Å². The number of phenols is 1. The van der Waals surface area contributed by atoms with E-state index in [0.29, 0.717) is 23.5 Å². The van der Waals surface area contributed by atoms with Gasteiger partial charge in [0.15, 0.2) is 0 Å². The molecule has 0 saturated heterocycles. The van der Waals surface area contributed by atoms with E-state index in [1.807, 2.05) is 12.1 Å². The van der Waals surface area contributed by atoms with Gasteiger partial charge in [0.2, 0.25) is 0 Å². The number of aliphatic hydroxyl groups is 1. The van der Waals surface area contributed by atoms with Crippen molar-refractivity contribution >= 4 is 15.9 Å². The molecule has 1 aromatic carbocycles. The maximum atomic E-state index is 10.8. The number of halogens is 1. The molecular weight excluding hydrogens is 328 g/mol. The van der Waals surface area contributed by atoms with E-state index in [1.165, 1.54) is 17.5 Å². The van der Waals surface area contributed by atoms with Crippen LogP contribution in [-0.4, -0.2) is 14.7 Å². The van der Waals surface area contributed by atoms with Gasteiger partial charge in [0.05, 0.1) is 0 Å². The molecule has 3 aliphatic carbocycles. The molecule has 5 atom stereocenters. The van der Waals surface area contributed by atoms with Crippen LogP contribution in [0.25, 0.3) is 0 Å². The molecule has 0 heterocycles. The van der Waals surface area contributed by atoms with Crippen LogP contribution in [0.4, 0.5) is 0 Å². The lowest BCUT2D eigenvalue weighted by Gasteiger charge is -2.51. The van der Waals surface area contributed by atoms with Crippen molar-refractivity contribution in [3.8, 4) is 5.75 Å². The molecule has 21 heavy (non-hydrogen) atoms. The molecule has 1 aromatic rings. The van der Waals surface area contributed by atoms with Crippen molar-refractivity contribution in [3.05, 3.63) is 29.3 Å². The Morgan fingerprint density at radius 3 is 2.81 bits per heavy atom. The summed E-state index contributed by atoms with van der Waals surface area (Å²) in [7, 11) is 0. The molecule has 2 fully saturated rings. The fourth-order valence-corrected chi connectivity index (χ4v) is 6.25. The van der Waals surface area contributed by atoms with Gasteiger partial charge in [0, 0.05) is 5.41 Å². The largest absolute Gasteiger partial charge is 0.508 e. The number of fused-ring (bicyclic) bond motifs is 5. The monoisotopic (exact) mass is 350 g/mol. The van der Waals surface area contributed by atoms with E-state index in [0.717, 1.165) is 32.1 Å². The summed E-state index contributed by atoms with van der Waals surface area (Å²) in [5.74, 6) is 2.31. The summed E-state index contributed by atoms with van der Waals surface area (Å²) in [6.45, 7) is 2.28. The highest BCUT2D eigenvalue weighted by atomic mass is 79.9. The number of benzene rings is 1. The molecule has 0 aromatic heterocycles. The molecule has 0 aliphatic heterocycles. The Labute approximate surface area is 134 Å². The molecule has 0 spiro atoms. The predicted molar refractivity (Wildman–Crippen MR) is 86.6 cm³/mol. The van der Waals surface area contributed by atoms with Gasteiger partial charge >= 0.3 is 0 Å². The molecule has 2 saturated carbocycles. The highest BCUT2D eigenvalue weighted by Crippen LogP contribution is 2.65.